The molecule has 0 radical (unpaired) electrons. The number of carbonyl (C=O) groups is 1. The number of H-pyrrole nitrogens is 1. The summed E-state index contributed by atoms with van der Waals surface area (Å²) in [5.74, 6) is 0.785. The Balaban J connectivity index is 2.15. The summed E-state index contributed by atoms with van der Waals surface area (Å²) in [5, 5.41) is 0.889. The van der Waals surface area contributed by atoms with Gasteiger partial charge in [-0.2, -0.15) is 0 Å². The molecule has 0 saturated carbocycles. The molecule has 0 spiro atoms. The van der Waals surface area contributed by atoms with Crippen LogP contribution in [-0.4, -0.2) is 17.9 Å². The molecule has 2 aromatic carbocycles. The normalized spacial score (nSPS) is 10.8. The average molecular weight is 279 g/mol. The number of ketones is 1. The molecular formula is C18H17NO2. The number of hydrogen-bond acceptors (Lipinski definition) is 2. The number of ether oxygens (including phenoxy) is 1. The van der Waals surface area contributed by atoms with E-state index in [1.807, 2.05) is 50.2 Å². The topological polar surface area (TPSA) is 42.1 Å². The van der Waals surface area contributed by atoms with Crippen molar-refractivity contribution in [3.05, 3.63) is 64.8 Å². The predicted molar refractivity (Wildman–Crippen MR) is 84.2 cm³/mol. The van der Waals surface area contributed by atoms with Gasteiger partial charge in [-0.25, -0.2) is 0 Å². The lowest BCUT2D eigenvalue weighted by atomic mass is 9.96. The molecule has 0 amide bonds. The van der Waals surface area contributed by atoms with Crippen molar-refractivity contribution in [2.24, 2.45) is 0 Å². The van der Waals surface area contributed by atoms with Crippen LogP contribution in [0.25, 0.3) is 10.9 Å². The Morgan fingerprint density at radius 1 is 1.10 bits per heavy atom. The van der Waals surface area contributed by atoms with Crippen LogP contribution in [-0.2, 0) is 0 Å². The Hall–Kier alpha value is -2.55. The van der Waals surface area contributed by atoms with Crippen LogP contribution in [0.15, 0.2) is 42.6 Å². The van der Waals surface area contributed by atoms with Crippen LogP contribution < -0.4 is 4.74 Å². The molecule has 0 aliphatic heterocycles. The molecule has 21 heavy (non-hydrogen) atoms. The first-order valence-corrected chi connectivity index (χ1v) is 6.88. The quantitative estimate of drug-likeness (QED) is 0.736. The Morgan fingerprint density at radius 3 is 2.67 bits per heavy atom. The maximum atomic E-state index is 12.8. The van der Waals surface area contributed by atoms with E-state index in [9.17, 15) is 4.79 Å². The average Bonchev–Trinajstić information content (AvgIpc) is 2.92. The minimum Gasteiger partial charge on any atom is -0.497 e. The molecule has 3 rings (SSSR count). The maximum absolute atomic E-state index is 12.8. The molecule has 3 nitrogen and oxygen atoms in total. The lowest BCUT2D eigenvalue weighted by molar-refractivity contribution is 0.103. The van der Waals surface area contributed by atoms with Crippen molar-refractivity contribution in [1.29, 1.82) is 0 Å². The summed E-state index contributed by atoms with van der Waals surface area (Å²) < 4.78 is 5.25. The second kappa shape index (κ2) is 5.09. The van der Waals surface area contributed by atoms with Gasteiger partial charge in [0.1, 0.15) is 5.75 Å². The van der Waals surface area contributed by atoms with E-state index in [2.05, 4.69) is 4.98 Å². The maximum Gasteiger partial charge on any atom is 0.195 e. The highest BCUT2D eigenvalue weighted by atomic mass is 16.5. The third-order valence-electron chi connectivity index (χ3n) is 3.98. The lowest BCUT2D eigenvalue weighted by Crippen LogP contribution is -2.04. The zero-order valence-electron chi connectivity index (χ0n) is 12.4. The molecule has 0 saturated heterocycles. The van der Waals surface area contributed by atoms with Gasteiger partial charge in [0.25, 0.3) is 0 Å². The van der Waals surface area contributed by atoms with Crippen molar-refractivity contribution >= 4 is 16.7 Å². The monoisotopic (exact) mass is 279 g/mol. The zero-order valence-corrected chi connectivity index (χ0v) is 12.4. The number of nitrogens with one attached hydrogen (secondary N) is 1. The van der Waals surface area contributed by atoms with Crippen LogP contribution in [0, 0.1) is 13.8 Å². The smallest absolute Gasteiger partial charge is 0.195 e. The Kier molecular flexibility index (Phi) is 3.26. The largest absolute Gasteiger partial charge is 0.497 e. The Morgan fingerprint density at radius 2 is 1.90 bits per heavy atom. The first kappa shape index (κ1) is 13.4. The molecule has 1 aromatic heterocycles. The minimum absolute atomic E-state index is 0.0377. The van der Waals surface area contributed by atoms with Gasteiger partial charge in [0.15, 0.2) is 5.78 Å². The summed E-state index contributed by atoms with van der Waals surface area (Å²) in [5.41, 5.74) is 4.51. The number of aryl methyl sites for hydroxylation is 1. The summed E-state index contributed by atoms with van der Waals surface area (Å²) in [6.07, 6.45) is 1.77. The van der Waals surface area contributed by atoms with E-state index in [0.29, 0.717) is 5.56 Å². The van der Waals surface area contributed by atoms with Crippen molar-refractivity contribution in [2.75, 3.05) is 7.11 Å². The highest BCUT2D eigenvalue weighted by Gasteiger charge is 2.17. The summed E-state index contributed by atoms with van der Waals surface area (Å²) in [6, 6.07) is 11.5. The molecule has 0 unspecified atom stereocenters. The third-order valence-corrected chi connectivity index (χ3v) is 3.98. The van der Waals surface area contributed by atoms with Gasteiger partial charge in [0.2, 0.25) is 0 Å². The van der Waals surface area contributed by atoms with Crippen molar-refractivity contribution in [3.8, 4) is 5.75 Å². The number of carbonyl (C=O) groups excluding carboxylic acids is 1. The molecule has 0 fully saturated rings. The number of hydrogen-bond donors (Lipinski definition) is 1. The number of rotatable bonds is 3. The van der Waals surface area contributed by atoms with E-state index < -0.39 is 0 Å². The number of fused-ring (bicyclic) bond motifs is 1. The highest BCUT2D eigenvalue weighted by molar-refractivity contribution is 6.17. The van der Waals surface area contributed by atoms with E-state index in [1.54, 1.807) is 13.3 Å². The molecule has 0 aliphatic rings. The zero-order chi connectivity index (χ0) is 15.0. The first-order valence-electron chi connectivity index (χ1n) is 6.88. The van der Waals surface area contributed by atoms with Gasteiger partial charge in [-0.15, -0.1) is 0 Å². The SMILES string of the molecule is COc1ccc2[nH]cc(C(=O)c3cccc(C)c3C)c2c1. The van der Waals surface area contributed by atoms with Crippen molar-refractivity contribution < 1.29 is 9.53 Å². The molecule has 1 heterocycles. The van der Waals surface area contributed by atoms with Gasteiger partial charge in [0, 0.05) is 28.2 Å². The molecule has 0 aliphatic carbocycles. The second-order valence-corrected chi connectivity index (χ2v) is 5.19. The second-order valence-electron chi connectivity index (χ2n) is 5.19. The molecule has 3 heteroatoms. The van der Waals surface area contributed by atoms with Gasteiger partial charge in [-0.1, -0.05) is 18.2 Å². The molecule has 0 atom stereocenters. The van der Waals surface area contributed by atoms with Crippen LogP contribution in [0.5, 0.6) is 5.75 Å². The molecule has 1 N–H and O–H groups in total. The van der Waals surface area contributed by atoms with Crippen molar-refractivity contribution in [2.45, 2.75) is 13.8 Å². The summed E-state index contributed by atoms with van der Waals surface area (Å²) in [6.45, 7) is 4.00. The number of benzene rings is 2. The van der Waals surface area contributed by atoms with Crippen LogP contribution in [0.4, 0.5) is 0 Å². The van der Waals surface area contributed by atoms with E-state index in [4.69, 9.17) is 4.74 Å². The number of aromatic amines is 1. The van der Waals surface area contributed by atoms with Crippen LogP contribution in [0.3, 0.4) is 0 Å². The van der Waals surface area contributed by atoms with Gasteiger partial charge >= 0.3 is 0 Å². The van der Waals surface area contributed by atoms with Gasteiger partial charge < -0.3 is 9.72 Å². The first-order chi connectivity index (χ1) is 10.1. The van der Waals surface area contributed by atoms with E-state index >= 15 is 0 Å². The molecule has 106 valence electrons. The Labute approximate surface area is 123 Å². The van der Waals surface area contributed by atoms with Gasteiger partial charge in [-0.05, 0) is 43.2 Å². The predicted octanol–water partition coefficient (Wildman–Crippen LogP) is 4.02. The van der Waals surface area contributed by atoms with Crippen LogP contribution >= 0.6 is 0 Å². The lowest BCUT2D eigenvalue weighted by Gasteiger charge is -2.07. The fraction of sp³-hybridized carbons (Fsp3) is 0.167. The fourth-order valence-corrected chi connectivity index (χ4v) is 2.56. The van der Waals surface area contributed by atoms with Crippen LogP contribution in [0.2, 0.25) is 0 Å². The fourth-order valence-electron chi connectivity index (χ4n) is 2.56. The summed E-state index contributed by atoms with van der Waals surface area (Å²) in [4.78, 5) is 16.0. The Bertz CT molecular complexity index is 830. The number of methoxy groups -OCH3 is 1. The van der Waals surface area contributed by atoms with E-state index in [-0.39, 0.29) is 5.78 Å². The van der Waals surface area contributed by atoms with Crippen LogP contribution in [0.1, 0.15) is 27.0 Å². The van der Waals surface area contributed by atoms with Crippen molar-refractivity contribution in [1.82, 2.24) is 4.98 Å². The van der Waals surface area contributed by atoms with Gasteiger partial charge in [-0.3, -0.25) is 4.79 Å². The van der Waals surface area contributed by atoms with E-state index in [0.717, 1.165) is 33.3 Å². The third kappa shape index (κ3) is 2.21. The molecule has 0 bridgehead atoms. The van der Waals surface area contributed by atoms with Crippen molar-refractivity contribution in [3.63, 3.8) is 0 Å². The van der Waals surface area contributed by atoms with Gasteiger partial charge in [0.05, 0.1) is 7.11 Å². The molecule has 3 aromatic rings. The summed E-state index contributed by atoms with van der Waals surface area (Å²) >= 11 is 0. The molecular weight excluding hydrogens is 262 g/mol. The number of aromatic nitrogens is 1. The minimum atomic E-state index is 0.0377. The standard InChI is InChI=1S/C18H17NO2/c1-11-5-4-6-14(12(11)2)18(20)16-10-19-17-8-7-13(21-3)9-15(16)17/h4-10,19H,1-3H3. The highest BCUT2D eigenvalue weighted by Crippen LogP contribution is 2.26. The summed E-state index contributed by atoms with van der Waals surface area (Å²) in [7, 11) is 1.63. The van der Waals surface area contributed by atoms with E-state index in [1.165, 1.54) is 0 Å².